The number of rotatable bonds is 4. The fourth-order valence-corrected chi connectivity index (χ4v) is 3.61. The molecule has 0 bridgehead atoms. The highest BCUT2D eigenvalue weighted by Gasteiger charge is 2.33. The summed E-state index contributed by atoms with van der Waals surface area (Å²) in [7, 11) is 0. The summed E-state index contributed by atoms with van der Waals surface area (Å²) in [5.74, 6) is -0.590. The van der Waals surface area contributed by atoms with E-state index in [0.717, 1.165) is 5.56 Å². The molecule has 1 saturated heterocycles. The third-order valence-corrected chi connectivity index (χ3v) is 5.25. The SMILES string of the molecule is CC1CN(C(=O)c2ccccc2)CCN1C(=O)C(=O)c1ccc(-c2cnco2)cc1. The van der Waals surface area contributed by atoms with Gasteiger partial charge in [-0.05, 0) is 19.1 Å². The summed E-state index contributed by atoms with van der Waals surface area (Å²) in [6, 6.07) is 15.5. The molecule has 4 rings (SSSR count). The number of carbonyl (C=O) groups excluding carboxylic acids is 3. The monoisotopic (exact) mass is 403 g/mol. The van der Waals surface area contributed by atoms with E-state index in [9.17, 15) is 14.4 Å². The highest BCUT2D eigenvalue weighted by molar-refractivity contribution is 6.42. The second kappa shape index (κ2) is 8.32. The molecule has 1 unspecified atom stereocenters. The summed E-state index contributed by atoms with van der Waals surface area (Å²) < 4.78 is 5.23. The Labute approximate surface area is 173 Å². The number of ketones is 1. The summed E-state index contributed by atoms with van der Waals surface area (Å²) in [5.41, 5.74) is 1.71. The van der Waals surface area contributed by atoms with Crippen molar-refractivity contribution in [1.82, 2.24) is 14.8 Å². The van der Waals surface area contributed by atoms with Crippen LogP contribution in [-0.2, 0) is 4.79 Å². The van der Waals surface area contributed by atoms with Gasteiger partial charge < -0.3 is 14.2 Å². The molecule has 2 heterocycles. The van der Waals surface area contributed by atoms with Crippen LogP contribution in [-0.4, -0.2) is 58.1 Å². The Morgan fingerprint density at radius 2 is 1.70 bits per heavy atom. The van der Waals surface area contributed by atoms with Gasteiger partial charge in [0.15, 0.2) is 12.2 Å². The molecule has 30 heavy (non-hydrogen) atoms. The molecule has 152 valence electrons. The second-order valence-electron chi connectivity index (χ2n) is 7.24. The number of Topliss-reactive ketones (excluding diaryl/α,β-unsaturated/α-hetero) is 1. The van der Waals surface area contributed by atoms with Gasteiger partial charge in [-0.1, -0.05) is 42.5 Å². The number of aromatic nitrogens is 1. The maximum Gasteiger partial charge on any atom is 0.295 e. The second-order valence-corrected chi connectivity index (χ2v) is 7.24. The molecule has 0 N–H and O–H groups in total. The predicted octanol–water partition coefficient (Wildman–Crippen LogP) is 2.90. The molecule has 2 amide bonds. The summed E-state index contributed by atoms with van der Waals surface area (Å²) in [6.07, 6.45) is 2.92. The molecule has 0 radical (unpaired) electrons. The molecule has 2 aromatic carbocycles. The first-order chi connectivity index (χ1) is 14.5. The van der Waals surface area contributed by atoms with Crippen molar-refractivity contribution in [1.29, 1.82) is 0 Å². The lowest BCUT2D eigenvalue weighted by Crippen LogP contribution is -2.56. The fraction of sp³-hybridized carbons (Fsp3) is 0.217. The van der Waals surface area contributed by atoms with E-state index in [-0.39, 0.29) is 11.9 Å². The van der Waals surface area contributed by atoms with Crippen molar-refractivity contribution in [2.75, 3.05) is 19.6 Å². The van der Waals surface area contributed by atoms with Crippen LogP contribution in [0.25, 0.3) is 11.3 Å². The molecule has 0 saturated carbocycles. The number of nitrogens with zero attached hydrogens (tertiary/aromatic N) is 3. The van der Waals surface area contributed by atoms with Gasteiger partial charge >= 0.3 is 0 Å². The van der Waals surface area contributed by atoms with Crippen molar-refractivity contribution in [3.63, 3.8) is 0 Å². The van der Waals surface area contributed by atoms with Gasteiger partial charge in [0.1, 0.15) is 0 Å². The van der Waals surface area contributed by atoms with Crippen LogP contribution in [0, 0.1) is 0 Å². The predicted molar refractivity (Wildman–Crippen MR) is 110 cm³/mol. The van der Waals surface area contributed by atoms with Crippen LogP contribution in [0.1, 0.15) is 27.6 Å². The molecule has 7 nitrogen and oxygen atoms in total. The third-order valence-electron chi connectivity index (χ3n) is 5.25. The number of oxazole rings is 1. The molecular formula is C23H21N3O4. The molecule has 1 atom stereocenters. The highest BCUT2D eigenvalue weighted by atomic mass is 16.3. The highest BCUT2D eigenvalue weighted by Crippen LogP contribution is 2.20. The van der Waals surface area contributed by atoms with E-state index >= 15 is 0 Å². The molecule has 0 aliphatic carbocycles. The van der Waals surface area contributed by atoms with Crippen LogP contribution >= 0.6 is 0 Å². The van der Waals surface area contributed by atoms with Crippen molar-refractivity contribution in [2.24, 2.45) is 0 Å². The van der Waals surface area contributed by atoms with Crippen LogP contribution in [0.15, 0.2) is 71.6 Å². The number of benzene rings is 2. The Morgan fingerprint density at radius 1 is 0.967 bits per heavy atom. The molecule has 1 aromatic heterocycles. The van der Waals surface area contributed by atoms with Gasteiger partial charge in [0.2, 0.25) is 5.78 Å². The third kappa shape index (κ3) is 3.87. The molecule has 1 fully saturated rings. The minimum absolute atomic E-state index is 0.0659. The Kier molecular flexibility index (Phi) is 5.43. The van der Waals surface area contributed by atoms with Crippen molar-refractivity contribution in [3.8, 4) is 11.3 Å². The van der Waals surface area contributed by atoms with E-state index in [1.165, 1.54) is 6.39 Å². The number of piperazine rings is 1. The first-order valence-corrected chi connectivity index (χ1v) is 9.73. The van der Waals surface area contributed by atoms with Gasteiger partial charge in [0.25, 0.3) is 11.8 Å². The van der Waals surface area contributed by atoms with E-state index in [0.29, 0.717) is 36.5 Å². The summed E-state index contributed by atoms with van der Waals surface area (Å²) >= 11 is 0. The van der Waals surface area contributed by atoms with Crippen LogP contribution in [0.5, 0.6) is 0 Å². The summed E-state index contributed by atoms with van der Waals surface area (Å²) in [4.78, 5) is 45.3. The van der Waals surface area contributed by atoms with E-state index in [2.05, 4.69) is 4.98 Å². The van der Waals surface area contributed by atoms with Gasteiger partial charge in [0.05, 0.1) is 6.20 Å². The molecule has 1 aliphatic rings. The van der Waals surface area contributed by atoms with Crippen molar-refractivity contribution in [3.05, 3.63) is 78.3 Å². The topological polar surface area (TPSA) is 83.7 Å². The standard InChI is InChI=1S/C23H21N3O4/c1-16-14-25(22(28)19-5-3-2-4-6-19)11-12-26(16)23(29)21(27)18-9-7-17(8-10-18)20-13-24-15-30-20/h2-10,13,15-16H,11-12,14H2,1H3. The zero-order valence-corrected chi connectivity index (χ0v) is 16.5. The largest absolute Gasteiger partial charge is 0.444 e. The summed E-state index contributed by atoms with van der Waals surface area (Å²) in [5, 5.41) is 0. The zero-order valence-electron chi connectivity index (χ0n) is 16.5. The van der Waals surface area contributed by atoms with Crippen molar-refractivity contribution in [2.45, 2.75) is 13.0 Å². The normalized spacial score (nSPS) is 16.4. The average Bonchev–Trinajstić information content (AvgIpc) is 3.33. The van der Waals surface area contributed by atoms with Gasteiger partial charge in [0, 0.05) is 42.4 Å². The molecule has 7 heteroatoms. The molecule has 1 aliphatic heterocycles. The number of hydrogen-bond donors (Lipinski definition) is 0. The Hall–Kier alpha value is -3.74. The maximum atomic E-state index is 12.8. The van der Waals surface area contributed by atoms with E-state index in [1.54, 1.807) is 52.4 Å². The van der Waals surface area contributed by atoms with E-state index in [4.69, 9.17) is 4.42 Å². The smallest absolute Gasteiger partial charge is 0.295 e. The Balaban J connectivity index is 1.41. The first kappa shape index (κ1) is 19.6. The van der Waals surface area contributed by atoms with Gasteiger partial charge in [-0.2, -0.15) is 0 Å². The molecule has 0 spiro atoms. The van der Waals surface area contributed by atoms with E-state index in [1.807, 2.05) is 25.1 Å². The van der Waals surface area contributed by atoms with Gasteiger partial charge in [-0.3, -0.25) is 14.4 Å². The van der Waals surface area contributed by atoms with E-state index < -0.39 is 11.7 Å². The minimum Gasteiger partial charge on any atom is -0.444 e. The minimum atomic E-state index is -0.561. The van der Waals surface area contributed by atoms with Gasteiger partial charge in [-0.15, -0.1) is 0 Å². The lowest BCUT2D eigenvalue weighted by molar-refractivity contribution is -0.130. The van der Waals surface area contributed by atoms with Gasteiger partial charge in [-0.25, -0.2) is 4.98 Å². The lowest BCUT2D eigenvalue weighted by atomic mass is 10.0. The average molecular weight is 403 g/mol. The maximum absolute atomic E-state index is 12.8. The number of carbonyl (C=O) groups is 3. The quantitative estimate of drug-likeness (QED) is 0.494. The Bertz CT molecular complexity index is 1050. The van der Waals surface area contributed by atoms with Crippen molar-refractivity contribution < 1.29 is 18.8 Å². The zero-order chi connectivity index (χ0) is 21.1. The number of hydrogen-bond acceptors (Lipinski definition) is 5. The lowest BCUT2D eigenvalue weighted by Gasteiger charge is -2.39. The van der Waals surface area contributed by atoms with Crippen LogP contribution in [0.4, 0.5) is 0 Å². The van der Waals surface area contributed by atoms with Crippen LogP contribution < -0.4 is 0 Å². The van der Waals surface area contributed by atoms with Crippen LogP contribution in [0.3, 0.4) is 0 Å². The number of amides is 2. The fourth-order valence-electron chi connectivity index (χ4n) is 3.61. The summed E-state index contributed by atoms with van der Waals surface area (Å²) in [6.45, 7) is 2.95. The first-order valence-electron chi connectivity index (χ1n) is 9.73. The van der Waals surface area contributed by atoms with Crippen LogP contribution in [0.2, 0.25) is 0 Å². The molecule has 3 aromatic rings. The Morgan fingerprint density at radius 3 is 2.33 bits per heavy atom. The van der Waals surface area contributed by atoms with Crippen molar-refractivity contribution >= 4 is 17.6 Å². The molecular weight excluding hydrogens is 382 g/mol.